The molecule has 6 heteroatoms. The molecule has 0 radical (unpaired) electrons. The fraction of sp³-hybridized carbons (Fsp3) is 0.500. The summed E-state index contributed by atoms with van der Waals surface area (Å²) in [6, 6.07) is 8.74. The van der Waals surface area contributed by atoms with E-state index in [-0.39, 0.29) is 37.0 Å². The molecule has 1 saturated heterocycles. The number of benzene rings is 1. The van der Waals surface area contributed by atoms with Gasteiger partial charge in [0, 0.05) is 23.0 Å². The smallest absolute Gasteiger partial charge is 0.355 e. The van der Waals surface area contributed by atoms with Gasteiger partial charge in [-0.15, -0.1) is 12.4 Å². The summed E-state index contributed by atoms with van der Waals surface area (Å²) in [6.07, 6.45) is 6.49. The van der Waals surface area contributed by atoms with Crippen molar-refractivity contribution in [3.05, 3.63) is 41.6 Å². The van der Waals surface area contributed by atoms with Gasteiger partial charge in [0.05, 0.1) is 18.2 Å². The SMILES string of the molecule is CC[C@]12C=C(C(=O)OCCO)n3c4c(c5ccccc53)CCN(CCC1)[C@H]42.Cl. The van der Waals surface area contributed by atoms with Gasteiger partial charge in [-0.05, 0) is 49.9 Å². The van der Waals surface area contributed by atoms with Crippen LogP contribution in [-0.2, 0) is 16.0 Å². The maximum Gasteiger partial charge on any atom is 0.355 e. The Morgan fingerprint density at radius 3 is 2.93 bits per heavy atom. The Kier molecular flexibility index (Phi) is 5.02. The van der Waals surface area contributed by atoms with Gasteiger partial charge in [-0.25, -0.2) is 4.79 Å². The fourth-order valence-corrected chi connectivity index (χ4v) is 5.64. The van der Waals surface area contributed by atoms with E-state index in [0.717, 1.165) is 44.3 Å². The van der Waals surface area contributed by atoms with Gasteiger partial charge in [0.15, 0.2) is 0 Å². The normalized spacial score (nSPS) is 25.6. The van der Waals surface area contributed by atoms with Crippen molar-refractivity contribution in [2.45, 2.75) is 38.6 Å². The molecule has 1 aromatic carbocycles. The highest BCUT2D eigenvalue weighted by Gasteiger charge is 2.51. The number of ether oxygens (including phenoxy) is 1. The first-order chi connectivity index (χ1) is 13.2. The van der Waals surface area contributed by atoms with Crippen molar-refractivity contribution in [2.24, 2.45) is 5.41 Å². The number of piperidine rings is 1. The zero-order valence-electron chi connectivity index (χ0n) is 16.2. The minimum atomic E-state index is -0.332. The lowest BCUT2D eigenvalue weighted by Crippen LogP contribution is -2.51. The lowest BCUT2D eigenvalue weighted by Gasteiger charge is -2.53. The number of esters is 1. The van der Waals surface area contributed by atoms with Gasteiger partial charge in [-0.3, -0.25) is 4.90 Å². The van der Waals surface area contributed by atoms with Gasteiger partial charge >= 0.3 is 5.97 Å². The van der Waals surface area contributed by atoms with Crippen molar-refractivity contribution < 1.29 is 14.6 Å². The van der Waals surface area contributed by atoms with Crippen molar-refractivity contribution >= 4 is 35.0 Å². The summed E-state index contributed by atoms with van der Waals surface area (Å²) in [4.78, 5) is 15.6. The van der Waals surface area contributed by atoms with E-state index in [2.05, 4.69) is 40.7 Å². The van der Waals surface area contributed by atoms with E-state index in [4.69, 9.17) is 9.84 Å². The molecule has 1 N–H and O–H groups in total. The Hall–Kier alpha value is -1.82. The van der Waals surface area contributed by atoms with Crippen molar-refractivity contribution in [2.75, 3.05) is 26.3 Å². The lowest BCUT2D eigenvalue weighted by atomic mass is 9.66. The van der Waals surface area contributed by atoms with Crippen molar-refractivity contribution in [1.29, 1.82) is 0 Å². The molecule has 150 valence electrons. The first-order valence-electron chi connectivity index (χ1n) is 10.1. The largest absolute Gasteiger partial charge is 0.459 e. The molecule has 0 bridgehead atoms. The highest BCUT2D eigenvalue weighted by Crippen LogP contribution is 2.57. The topological polar surface area (TPSA) is 54.7 Å². The number of carbonyl (C=O) groups excluding carboxylic acids is 1. The van der Waals surface area contributed by atoms with Crippen LogP contribution < -0.4 is 0 Å². The van der Waals surface area contributed by atoms with E-state index in [1.165, 1.54) is 16.6 Å². The van der Waals surface area contributed by atoms with Gasteiger partial charge in [0.25, 0.3) is 0 Å². The fourth-order valence-electron chi connectivity index (χ4n) is 5.64. The molecule has 2 aromatic rings. The van der Waals surface area contributed by atoms with Crippen molar-refractivity contribution in [1.82, 2.24) is 9.47 Å². The zero-order valence-corrected chi connectivity index (χ0v) is 17.0. The number of nitrogens with zero attached hydrogens (tertiary/aromatic N) is 2. The molecule has 28 heavy (non-hydrogen) atoms. The van der Waals surface area contributed by atoms with E-state index < -0.39 is 0 Å². The third-order valence-electron chi connectivity index (χ3n) is 6.78. The Balaban J connectivity index is 0.00000192. The molecular weight excluding hydrogens is 376 g/mol. The zero-order chi connectivity index (χ0) is 18.6. The van der Waals surface area contributed by atoms with Gasteiger partial charge < -0.3 is 14.4 Å². The second-order valence-corrected chi connectivity index (χ2v) is 7.98. The molecule has 0 unspecified atom stereocenters. The van der Waals surface area contributed by atoms with Gasteiger partial charge in [0.1, 0.15) is 12.3 Å². The van der Waals surface area contributed by atoms with Gasteiger partial charge in [-0.2, -0.15) is 0 Å². The molecule has 0 spiro atoms. The summed E-state index contributed by atoms with van der Waals surface area (Å²) in [5.41, 5.74) is 4.38. The highest BCUT2D eigenvalue weighted by molar-refractivity contribution is 6.13. The highest BCUT2D eigenvalue weighted by atomic mass is 35.5. The molecule has 5 rings (SSSR count). The second kappa shape index (κ2) is 7.21. The third kappa shape index (κ3) is 2.56. The van der Waals surface area contributed by atoms with Gasteiger partial charge in [0.2, 0.25) is 0 Å². The van der Waals surface area contributed by atoms with Crippen LogP contribution >= 0.6 is 12.4 Å². The number of rotatable bonds is 4. The Bertz CT molecular complexity index is 951. The maximum absolute atomic E-state index is 13.0. The number of hydrogen-bond donors (Lipinski definition) is 1. The Morgan fingerprint density at radius 1 is 1.32 bits per heavy atom. The molecule has 0 aliphatic carbocycles. The molecule has 4 heterocycles. The second-order valence-electron chi connectivity index (χ2n) is 7.98. The number of para-hydroxylation sites is 1. The van der Waals surface area contributed by atoms with Gasteiger partial charge in [-0.1, -0.05) is 25.1 Å². The number of aliphatic hydroxyl groups is 1. The lowest BCUT2D eigenvalue weighted by molar-refractivity contribution is -0.138. The predicted molar refractivity (Wildman–Crippen MR) is 111 cm³/mol. The molecule has 2 atom stereocenters. The van der Waals surface area contributed by atoms with Crippen LogP contribution in [0.4, 0.5) is 0 Å². The molecular formula is C22H27ClN2O3. The molecule has 1 aromatic heterocycles. The first kappa shape index (κ1) is 19.5. The van der Waals surface area contributed by atoms with Crippen molar-refractivity contribution in [3.63, 3.8) is 0 Å². The maximum atomic E-state index is 13.0. The van der Waals surface area contributed by atoms with E-state index in [9.17, 15) is 4.79 Å². The monoisotopic (exact) mass is 402 g/mol. The van der Waals surface area contributed by atoms with Crippen molar-refractivity contribution in [3.8, 4) is 0 Å². The standard InChI is InChI=1S/C22H26N2O3.ClH/c1-2-22-9-5-10-23-11-8-16-15-6-3-4-7-17(15)24(19(16)20(22)23)18(14-22)21(26)27-13-12-25;/h3-4,6-7,14,20,25H,2,5,8-13H2,1H3;1H/t20-,22-;/m1./s1. The summed E-state index contributed by atoms with van der Waals surface area (Å²) in [6.45, 7) is 4.34. The first-order valence-corrected chi connectivity index (χ1v) is 10.1. The van der Waals surface area contributed by atoms with Crippen LogP contribution in [0.3, 0.4) is 0 Å². The average molecular weight is 403 g/mol. The predicted octanol–water partition coefficient (Wildman–Crippen LogP) is 3.54. The molecule has 3 aliphatic rings. The summed E-state index contributed by atoms with van der Waals surface area (Å²) >= 11 is 0. The summed E-state index contributed by atoms with van der Waals surface area (Å²) in [5, 5.41) is 10.4. The van der Waals surface area contributed by atoms with E-state index in [0.29, 0.717) is 11.7 Å². The van der Waals surface area contributed by atoms with E-state index in [1.807, 2.05) is 6.07 Å². The summed E-state index contributed by atoms with van der Waals surface area (Å²) in [5.74, 6) is -0.332. The number of aromatic nitrogens is 1. The number of halogens is 1. The molecule has 1 fully saturated rings. The number of hydrogen-bond acceptors (Lipinski definition) is 4. The molecule has 0 saturated carbocycles. The summed E-state index contributed by atoms with van der Waals surface area (Å²) in [7, 11) is 0. The number of fused-ring (bicyclic) bond motifs is 3. The average Bonchev–Trinajstić information content (AvgIpc) is 3.05. The Labute approximate surface area is 171 Å². The van der Waals surface area contributed by atoms with E-state index >= 15 is 0 Å². The van der Waals surface area contributed by atoms with Crippen LogP contribution in [0.1, 0.15) is 43.5 Å². The van der Waals surface area contributed by atoms with Crippen LogP contribution in [0.2, 0.25) is 0 Å². The van der Waals surface area contributed by atoms with Crippen LogP contribution in [0, 0.1) is 5.41 Å². The van der Waals surface area contributed by atoms with Crippen LogP contribution in [0.5, 0.6) is 0 Å². The van der Waals surface area contributed by atoms with Crippen LogP contribution in [-0.4, -0.2) is 46.8 Å². The van der Waals surface area contributed by atoms with Crippen LogP contribution in [0.15, 0.2) is 30.3 Å². The molecule has 0 amide bonds. The van der Waals surface area contributed by atoms with Crippen LogP contribution in [0.25, 0.3) is 16.6 Å². The molecule has 5 nitrogen and oxygen atoms in total. The quantitative estimate of drug-likeness (QED) is 0.795. The number of carbonyl (C=O) groups is 1. The molecule has 3 aliphatic heterocycles. The minimum Gasteiger partial charge on any atom is -0.459 e. The minimum absolute atomic E-state index is 0. The summed E-state index contributed by atoms with van der Waals surface area (Å²) < 4.78 is 7.52. The Morgan fingerprint density at radius 2 is 2.14 bits per heavy atom. The third-order valence-corrected chi connectivity index (χ3v) is 6.78. The van der Waals surface area contributed by atoms with E-state index in [1.54, 1.807) is 0 Å². The number of aliphatic hydroxyl groups excluding tert-OH is 1.